The van der Waals surface area contributed by atoms with Gasteiger partial charge in [0.15, 0.2) is 0 Å². The van der Waals surface area contributed by atoms with Gasteiger partial charge in [0.25, 0.3) is 0 Å². The minimum atomic E-state index is -0.192. The summed E-state index contributed by atoms with van der Waals surface area (Å²) in [6.07, 6.45) is 0.964. The highest BCUT2D eigenvalue weighted by Gasteiger charge is 2.03. The van der Waals surface area contributed by atoms with E-state index in [1.54, 1.807) is 7.11 Å². The Morgan fingerprint density at radius 2 is 2.29 bits per heavy atom. The summed E-state index contributed by atoms with van der Waals surface area (Å²) in [5.74, 6) is 6.24. The van der Waals surface area contributed by atoms with Crippen molar-refractivity contribution in [2.45, 2.75) is 12.8 Å². The van der Waals surface area contributed by atoms with Gasteiger partial charge in [0.05, 0.1) is 18.2 Å². The van der Waals surface area contributed by atoms with Crippen molar-refractivity contribution in [1.29, 1.82) is 0 Å². The van der Waals surface area contributed by atoms with Crippen LogP contribution in [0, 0.1) is 0 Å². The Morgan fingerprint density at radius 1 is 1.53 bits per heavy atom. The molecule has 1 aromatic carbocycles. The summed E-state index contributed by atoms with van der Waals surface area (Å²) in [6.45, 7) is 0.457. The molecule has 1 aromatic rings. The van der Waals surface area contributed by atoms with E-state index in [9.17, 15) is 4.79 Å². The molecule has 0 radical (unpaired) electrons. The number of carbonyl (C=O) groups excluding carboxylic acids is 1. The lowest BCUT2D eigenvalue weighted by Crippen LogP contribution is -2.29. The molecule has 0 bridgehead atoms. The van der Waals surface area contributed by atoms with Crippen LogP contribution in [0.4, 0.5) is 0 Å². The van der Waals surface area contributed by atoms with Crippen LogP contribution in [0.15, 0.2) is 22.7 Å². The first-order valence-corrected chi connectivity index (χ1v) is 5.92. The van der Waals surface area contributed by atoms with Gasteiger partial charge in [-0.05, 0) is 40.5 Å². The molecule has 0 fully saturated rings. The van der Waals surface area contributed by atoms with Gasteiger partial charge in [-0.25, -0.2) is 5.84 Å². The number of methoxy groups -OCH3 is 1. The van der Waals surface area contributed by atoms with E-state index in [0.29, 0.717) is 19.4 Å². The van der Waals surface area contributed by atoms with Crippen molar-refractivity contribution in [3.63, 3.8) is 0 Å². The lowest BCUT2D eigenvalue weighted by Gasteiger charge is -2.09. The molecule has 0 aliphatic carbocycles. The van der Waals surface area contributed by atoms with Gasteiger partial charge in [0.2, 0.25) is 5.91 Å². The Morgan fingerprint density at radius 3 is 2.88 bits per heavy atom. The molecular formula is C11H15BrN2O3. The number of ether oxygens (including phenoxy) is 2. The first-order valence-electron chi connectivity index (χ1n) is 5.13. The number of hydrogen-bond donors (Lipinski definition) is 2. The van der Waals surface area contributed by atoms with Crippen molar-refractivity contribution < 1.29 is 14.3 Å². The zero-order chi connectivity index (χ0) is 12.7. The van der Waals surface area contributed by atoms with Crippen LogP contribution >= 0.6 is 15.9 Å². The minimum Gasteiger partial charge on any atom is -0.497 e. The van der Waals surface area contributed by atoms with Gasteiger partial charge < -0.3 is 9.47 Å². The molecule has 0 atom stereocenters. The average Bonchev–Trinajstić information content (AvgIpc) is 2.35. The zero-order valence-electron chi connectivity index (χ0n) is 9.53. The smallest absolute Gasteiger partial charge is 0.234 e. The van der Waals surface area contributed by atoms with E-state index >= 15 is 0 Å². The van der Waals surface area contributed by atoms with Crippen LogP contribution < -0.4 is 20.7 Å². The van der Waals surface area contributed by atoms with Gasteiger partial charge >= 0.3 is 0 Å². The molecule has 94 valence electrons. The van der Waals surface area contributed by atoms with Crippen LogP contribution in [0.3, 0.4) is 0 Å². The summed E-state index contributed by atoms with van der Waals surface area (Å²) in [5.41, 5.74) is 2.07. The number of amides is 1. The molecule has 0 aromatic heterocycles. The third-order valence-electron chi connectivity index (χ3n) is 2.11. The van der Waals surface area contributed by atoms with Crippen LogP contribution in [-0.2, 0) is 4.79 Å². The third kappa shape index (κ3) is 4.62. The van der Waals surface area contributed by atoms with Crippen molar-refractivity contribution >= 4 is 21.8 Å². The topological polar surface area (TPSA) is 73.6 Å². The second-order valence-corrected chi connectivity index (χ2v) is 4.17. The molecule has 0 saturated carbocycles. The molecule has 1 amide bonds. The fourth-order valence-corrected chi connectivity index (χ4v) is 1.68. The van der Waals surface area contributed by atoms with Crippen molar-refractivity contribution in [3.05, 3.63) is 22.7 Å². The summed E-state index contributed by atoms with van der Waals surface area (Å²) in [7, 11) is 1.60. The largest absolute Gasteiger partial charge is 0.497 e. The van der Waals surface area contributed by atoms with E-state index < -0.39 is 0 Å². The van der Waals surface area contributed by atoms with Crippen molar-refractivity contribution in [3.8, 4) is 11.5 Å². The first-order chi connectivity index (χ1) is 8.17. The molecular weight excluding hydrogens is 288 g/mol. The monoisotopic (exact) mass is 302 g/mol. The molecule has 0 unspecified atom stereocenters. The predicted molar refractivity (Wildman–Crippen MR) is 67.8 cm³/mol. The number of nitrogens with two attached hydrogens (primary N) is 1. The number of hydrazine groups is 1. The molecule has 0 saturated heterocycles. The number of benzene rings is 1. The maximum atomic E-state index is 10.9. The lowest BCUT2D eigenvalue weighted by molar-refractivity contribution is -0.121. The molecule has 5 nitrogen and oxygen atoms in total. The Balaban J connectivity index is 2.39. The van der Waals surface area contributed by atoms with Gasteiger partial charge in [0, 0.05) is 6.42 Å². The van der Waals surface area contributed by atoms with E-state index in [1.165, 1.54) is 0 Å². The summed E-state index contributed by atoms with van der Waals surface area (Å²) in [5, 5.41) is 0. The summed E-state index contributed by atoms with van der Waals surface area (Å²) in [6, 6.07) is 5.44. The Kier molecular flexibility index (Phi) is 5.79. The maximum Gasteiger partial charge on any atom is 0.234 e. The maximum absolute atomic E-state index is 10.9. The zero-order valence-corrected chi connectivity index (χ0v) is 11.1. The number of hydrogen-bond acceptors (Lipinski definition) is 4. The van der Waals surface area contributed by atoms with E-state index in [4.69, 9.17) is 15.3 Å². The van der Waals surface area contributed by atoms with Crippen LogP contribution in [-0.4, -0.2) is 19.6 Å². The highest BCUT2D eigenvalue weighted by molar-refractivity contribution is 9.10. The van der Waals surface area contributed by atoms with Crippen molar-refractivity contribution in [1.82, 2.24) is 5.43 Å². The van der Waals surface area contributed by atoms with Gasteiger partial charge in [-0.2, -0.15) is 0 Å². The third-order valence-corrected chi connectivity index (χ3v) is 2.73. The molecule has 1 rings (SSSR count). The summed E-state index contributed by atoms with van der Waals surface area (Å²) < 4.78 is 11.4. The summed E-state index contributed by atoms with van der Waals surface area (Å²) in [4.78, 5) is 10.9. The highest BCUT2D eigenvalue weighted by atomic mass is 79.9. The molecule has 3 N–H and O–H groups in total. The highest BCUT2D eigenvalue weighted by Crippen LogP contribution is 2.29. The SMILES string of the molecule is COc1ccc(OCCCC(=O)NN)c(Br)c1. The van der Waals surface area contributed by atoms with E-state index in [0.717, 1.165) is 16.0 Å². The molecule has 0 spiro atoms. The van der Waals surface area contributed by atoms with Crippen LogP contribution in [0.25, 0.3) is 0 Å². The Bertz CT molecular complexity index is 385. The second kappa shape index (κ2) is 7.13. The number of nitrogens with one attached hydrogen (secondary N) is 1. The van der Waals surface area contributed by atoms with E-state index in [-0.39, 0.29) is 5.91 Å². The normalized spacial score (nSPS) is 9.82. The summed E-state index contributed by atoms with van der Waals surface area (Å²) >= 11 is 3.38. The van der Waals surface area contributed by atoms with E-state index in [2.05, 4.69) is 21.4 Å². The molecule has 0 aliphatic heterocycles. The molecule has 6 heteroatoms. The molecule has 0 aliphatic rings. The van der Waals surface area contributed by atoms with Gasteiger partial charge in [0.1, 0.15) is 11.5 Å². The number of carbonyl (C=O) groups is 1. The number of rotatable bonds is 6. The number of halogens is 1. The Hall–Kier alpha value is -1.27. The quantitative estimate of drug-likeness (QED) is 0.362. The van der Waals surface area contributed by atoms with Gasteiger partial charge in [-0.3, -0.25) is 10.2 Å². The first kappa shape index (κ1) is 13.8. The second-order valence-electron chi connectivity index (χ2n) is 3.32. The molecule has 0 heterocycles. The molecule has 17 heavy (non-hydrogen) atoms. The predicted octanol–water partition coefficient (Wildman–Crippen LogP) is 1.61. The Labute approximate surface area is 108 Å². The fraction of sp³-hybridized carbons (Fsp3) is 0.364. The van der Waals surface area contributed by atoms with Gasteiger partial charge in [-0.15, -0.1) is 0 Å². The van der Waals surface area contributed by atoms with E-state index in [1.807, 2.05) is 18.2 Å². The van der Waals surface area contributed by atoms with Crippen LogP contribution in [0.1, 0.15) is 12.8 Å². The lowest BCUT2D eigenvalue weighted by atomic mass is 10.3. The fourth-order valence-electron chi connectivity index (χ4n) is 1.21. The van der Waals surface area contributed by atoms with Crippen molar-refractivity contribution in [2.75, 3.05) is 13.7 Å². The average molecular weight is 303 g/mol. The van der Waals surface area contributed by atoms with Crippen LogP contribution in [0.2, 0.25) is 0 Å². The van der Waals surface area contributed by atoms with Crippen molar-refractivity contribution in [2.24, 2.45) is 5.84 Å². The van der Waals surface area contributed by atoms with Gasteiger partial charge in [-0.1, -0.05) is 0 Å². The standard InChI is InChI=1S/C11H15BrN2O3/c1-16-8-4-5-10(9(12)7-8)17-6-2-3-11(15)14-13/h4-5,7H,2-3,6,13H2,1H3,(H,14,15). The van der Waals surface area contributed by atoms with Crippen LogP contribution in [0.5, 0.6) is 11.5 Å². The minimum absolute atomic E-state index is 0.192.